The number of aromatic nitrogens is 2. The number of hydrogen-bond donors (Lipinski definition) is 1. The molecule has 0 saturated heterocycles. The van der Waals surface area contributed by atoms with Gasteiger partial charge in [0.05, 0.1) is 0 Å². The number of benzene rings is 1. The predicted octanol–water partition coefficient (Wildman–Crippen LogP) is 4.58. The van der Waals surface area contributed by atoms with Crippen LogP contribution in [-0.4, -0.2) is 15.9 Å². The summed E-state index contributed by atoms with van der Waals surface area (Å²) in [7, 11) is 0. The lowest BCUT2D eigenvalue weighted by Gasteiger charge is -2.12. The van der Waals surface area contributed by atoms with E-state index in [1.165, 1.54) is 11.3 Å². The van der Waals surface area contributed by atoms with E-state index in [0.29, 0.717) is 11.6 Å². The molecule has 0 spiro atoms. The van der Waals surface area contributed by atoms with Crippen LogP contribution in [0.3, 0.4) is 0 Å². The minimum absolute atomic E-state index is 0.186. The molecule has 1 amide bonds. The zero-order valence-corrected chi connectivity index (χ0v) is 13.8. The summed E-state index contributed by atoms with van der Waals surface area (Å²) < 4.78 is 0. The molecule has 4 nitrogen and oxygen atoms in total. The molecule has 0 fully saturated rings. The average Bonchev–Trinajstić information content (AvgIpc) is 3.06. The summed E-state index contributed by atoms with van der Waals surface area (Å²) in [6, 6.07) is 11.6. The van der Waals surface area contributed by atoms with Crippen LogP contribution in [0.2, 0.25) is 0 Å². The third-order valence-electron chi connectivity index (χ3n) is 3.50. The Labute approximate surface area is 139 Å². The van der Waals surface area contributed by atoms with E-state index < -0.39 is 0 Å². The molecule has 1 N–H and O–H groups in total. The van der Waals surface area contributed by atoms with Gasteiger partial charge in [0, 0.05) is 29.0 Å². The second kappa shape index (κ2) is 6.71. The monoisotopic (exact) mass is 323 g/mol. The zero-order chi connectivity index (χ0) is 16.2. The molecule has 23 heavy (non-hydrogen) atoms. The van der Waals surface area contributed by atoms with Crippen molar-refractivity contribution in [2.24, 2.45) is 0 Å². The van der Waals surface area contributed by atoms with Crippen molar-refractivity contribution >= 4 is 22.9 Å². The van der Waals surface area contributed by atoms with Crippen molar-refractivity contribution in [2.75, 3.05) is 5.32 Å². The van der Waals surface area contributed by atoms with Gasteiger partial charge in [0.1, 0.15) is 10.7 Å². The van der Waals surface area contributed by atoms with E-state index in [-0.39, 0.29) is 5.91 Å². The number of carbonyl (C=O) groups is 1. The highest BCUT2D eigenvalue weighted by molar-refractivity contribution is 7.13. The van der Waals surface area contributed by atoms with E-state index >= 15 is 0 Å². The Hall–Kier alpha value is -2.53. The number of para-hydroxylation sites is 1. The van der Waals surface area contributed by atoms with Crippen LogP contribution in [0, 0.1) is 0 Å². The van der Waals surface area contributed by atoms with Gasteiger partial charge in [0.2, 0.25) is 0 Å². The maximum absolute atomic E-state index is 12.5. The fourth-order valence-corrected chi connectivity index (χ4v) is 3.11. The Balaban J connectivity index is 1.81. The number of thiazole rings is 1. The quantitative estimate of drug-likeness (QED) is 0.764. The minimum atomic E-state index is -0.186. The third kappa shape index (κ3) is 3.46. The first-order valence-corrected chi connectivity index (χ1v) is 8.29. The normalized spacial score (nSPS) is 10.7. The van der Waals surface area contributed by atoms with Crippen LogP contribution in [0.4, 0.5) is 5.69 Å². The van der Waals surface area contributed by atoms with Crippen LogP contribution in [0.1, 0.15) is 35.8 Å². The van der Waals surface area contributed by atoms with Crippen molar-refractivity contribution in [2.45, 2.75) is 19.8 Å². The smallest absolute Gasteiger partial charge is 0.275 e. The number of pyridine rings is 1. The van der Waals surface area contributed by atoms with Gasteiger partial charge in [-0.25, -0.2) is 4.98 Å². The molecule has 0 atom stereocenters. The topological polar surface area (TPSA) is 54.9 Å². The average molecular weight is 323 g/mol. The number of nitrogens with zero attached hydrogens (tertiary/aromatic N) is 2. The second-order valence-electron chi connectivity index (χ2n) is 5.47. The highest BCUT2D eigenvalue weighted by atomic mass is 32.1. The number of carbonyl (C=O) groups excluding carboxylic acids is 1. The Kier molecular flexibility index (Phi) is 4.48. The van der Waals surface area contributed by atoms with Crippen molar-refractivity contribution < 1.29 is 4.79 Å². The molecule has 2 aromatic heterocycles. The highest BCUT2D eigenvalue weighted by Crippen LogP contribution is 2.26. The van der Waals surface area contributed by atoms with Gasteiger partial charge in [-0.3, -0.25) is 9.78 Å². The largest absolute Gasteiger partial charge is 0.320 e. The highest BCUT2D eigenvalue weighted by Gasteiger charge is 2.14. The van der Waals surface area contributed by atoms with Crippen molar-refractivity contribution in [3.05, 3.63) is 65.4 Å². The standard InChI is InChI=1S/C18H17N3OS/c1-12(2)14-5-3-4-6-15(14)20-17(22)16-11-23-18(21-16)13-7-9-19-10-8-13/h3-12H,1-2H3,(H,20,22). The number of nitrogens with one attached hydrogen (secondary N) is 1. The fraction of sp³-hybridized carbons (Fsp3) is 0.167. The molecule has 0 aliphatic rings. The number of hydrogen-bond acceptors (Lipinski definition) is 4. The van der Waals surface area contributed by atoms with Gasteiger partial charge in [-0.05, 0) is 29.7 Å². The van der Waals surface area contributed by atoms with E-state index in [0.717, 1.165) is 21.8 Å². The Morgan fingerprint density at radius 3 is 2.61 bits per heavy atom. The number of anilines is 1. The first-order chi connectivity index (χ1) is 11.1. The molecule has 0 aliphatic heterocycles. The summed E-state index contributed by atoms with van der Waals surface area (Å²) >= 11 is 1.45. The summed E-state index contributed by atoms with van der Waals surface area (Å²) in [5, 5.41) is 5.56. The predicted molar refractivity (Wildman–Crippen MR) is 93.8 cm³/mol. The van der Waals surface area contributed by atoms with E-state index in [4.69, 9.17) is 0 Å². The zero-order valence-electron chi connectivity index (χ0n) is 13.0. The van der Waals surface area contributed by atoms with Gasteiger partial charge < -0.3 is 5.32 Å². The SMILES string of the molecule is CC(C)c1ccccc1NC(=O)c1csc(-c2ccncc2)n1. The van der Waals surface area contributed by atoms with Gasteiger partial charge in [-0.2, -0.15) is 0 Å². The molecule has 2 heterocycles. The third-order valence-corrected chi connectivity index (χ3v) is 4.39. The molecule has 0 saturated carbocycles. The Morgan fingerprint density at radius 1 is 1.13 bits per heavy atom. The van der Waals surface area contributed by atoms with Crippen molar-refractivity contribution in [1.82, 2.24) is 9.97 Å². The molecule has 0 aliphatic carbocycles. The summed E-state index contributed by atoms with van der Waals surface area (Å²) in [5.74, 6) is 0.156. The Morgan fingerprint density at radius 2 is 1.87 bits per heavy atom. The molecule has 1 aromatic carbocycles. The number of amides is 1. The van der Waals surface area contributed by atoms with E-state index in [2.05, 4.69) is 29.1 Å². The molecule has 0 bridgehead atoms. The summed E-state index contributed by atoms with van der Waals surface area (Å²) in [4.78, 5) is 20.9. The maximum atomic E-state index is 12.5. The molecule has 5 heteroatoms. The molecular weight excluding hydrogens is 306 g/mol. The van der Waals surface area contributed by atoms with Gasteiger partial charge in [0.15, 0.2) is 0 Å². The Bertz CT molecular complexity index is 812. The van der Waals surface area contributed by atoms with Gasteiger partial charge in [-0.1, -0.05) is 32.0 Å². The van der Waals surface area contributed by atoms with Crippen LogP contribution >= 0.6 is 11.3 Å². The van der Waals surface area contributed by atoms with Gasteiger partial charge in [0.25, 0.3) is 5.91 Å². The van der Waals surface area contributed by atoms with Crippen molar-refractivity contribution in [1.29, 1.82) is 0 Å². The fourth-order valence-electron chi connectivity index (χ4n) is 2.31. The number of rotatable bonds is 4. The van der Waals surface area contributed by atoms with Gasteiger partial charge in [-0.15, -0.1) is 11.3 Å². The molecular formula is C18H17N3OS. The first-order valence-electron chi connectivity index (χ1n) is 7.41. The lowest BCUT2D eigenvalue weighted by atomic mass is 10.0. The van der Waals surface area contributed by atoms with Crippen molar-refractivity contribution in [3.63, 3.8) is 0 Å². The van der Waals surface area contributed by atoms with Crippen LogP contribution < -0.4 is 5.32 Å². The summed E-state index contributed by atoms with van der Waals surface area (Å²) in [6.45, 7) is 4.21. The van der Waals surface area contributed by atoms with Crippen LogP contribution in [-0.2, 0) is 0 Å². The molecule has 116 valence electrons. The van der Waals surface area contributed by atoms with Crippen molar-refractivity contribution in [3.8, 4) is 10.6 Å². The first kappa shape index (κ1) is 15.4. The second-order valence-corrected chi connectivity index (χ2v) is 6.33. The van der Waals surface area contributed by atoms with Gasteiger partial charge >= 0.3 is 0 Å². The lowest BCUT2D eigenvalue weighted by molar-refractivity contribution is 0.102. The van der Waals surface area contributed by atoms with E-state index in [1.807, 2.05) is 36.4 Å². The van der Waals surface area contributed by atoms with Crippen LogP contribution in [0.5, 0.6) is 0 Å². The van der Waals surface area contributed by atoms with Crippen LogP contribution in [0.25, 0.3) is 10.6 Å². The molecule has 3 aromatic rings. The van der Waals surface area contributed by atoms with Crippen LogP contribution in [0.15, 0.2) is 54.2 Å². The molecule has 0 unspecified atom stereocenters. The summed E-state index contributed by atoms with van der Waals surface area (Å²) in [6.07, 6.45) is 3.44. The summed E-state index contributed by atoms with van der Waals surface area (Å²) in [5.41, 5.74) is 3.35. The molecule has 3 rings (SSSR count). The van der Waals surface area contributed by atoms with E-state index in [9.17, 15) is 4.79 Å². The maximum Gasteiger partial charge on any atom is 0.275 e. The molecule has 0 radical (unpaired) electrons. The minimum Gasteiger partial charge on any atom is -0.320 e. The lowest BCUT2D eigenvalue weighted by Crippen LogP contribution is -2.14. The van der Waals surface area contributed by atoms with E-state index in [1.54, 1.807) is 17.8 Å².